The highest BCUT2D eigenvalue weighted by atomic mass is 14.5. The van der Waals surface area contributed by atoms with Crippen LogP contribution in [-0.2, 0) is 0 Å². The monoisotopic (exact) mass is 275 g/mol. The summed E-state index contributed by atoms with van der Waals surface area (Å²) in [5.41, 5.74) is 8.11. The van der Waals surface area contributed by atoms with Gasteiger partial charge in [-0.25, -0.2) is 0 Å². The van der Waals surface area contributed by atoms with Gasteiger partial charge in [-0.3, -0.25) is 0 Å². The second-order valence-corrected chi connectivity index (χ2v) is 6.97. The fraction of sp³-hybridized carbons (Fsp3) is 0.381. The molecule has 3 aliphatic rings. The largest absolute Gasteiger partial charge is 0.105 e. The molecule has 0 aromatic heterocycles. The lowest BCUT2D eigenvalue weighted by Crippen LogP contribution is -2.24. The number of hydrogen-bond acceptors (Lipinski definition) is 0. The van der Waals surface area contributed by atoms with Gasteiger partial charge in [-0.1, -0.05) is 49.2 Å². The summed E-state index contributed by atoms with van der Waals surface area (Å²) in [4.78, 5) is 0. The topological polar surface area (TPSA) is 0 Å². The molecule has 0 N–H and O–H groups in total. The molecule has 0 amide bonds. The molecule has 0 heterocycles. The van der Waals surface area contributed by atoms with Crippen molar-refractivity contribution < 1.29 is 0 Å². The highest BCUT2D eigenvalue weighted by Crippen LogP contribution is 2.61. The van der Waals surface area contributed by atoms with E-state index in [1.807, 2.05) is 0 Å². The highest BCUT2D eigenvalue weighted by Gasteiger charge is 2.50. The number of fused-ring (bicyclic) bond motifs is 3. The first-order chi connectivity index (χ1) is 10.2. The SMILES string of the molecule is CC1=CC=C2C([CH+]1)C(c1ccccc1)=C1CCCCC21C. The number of hydrogen-bond donors (Lipinski definition) is 0. The van der Waals surface area contributed by atoms with E-state index in [1.54, 1.807) is 16.7 Å². The molecule has 0 bridgehead atoms. The van der Waals surface area contributed by atoms with Crippen molar-refractivity contribution in [1.82, 2.24) is 0 Å². The lowest BCUT2D eigenvalue weighted by Gasteiger charge is -2.34. The average Bonchev–Trinajstić information content (AvgIpc) is 2.76. The second-order valence-electron chi connectivity index (χ2n) is 6.97. The minimum Gasteiger partial charge on any atom is -0.0622 e. The lowest BCUT2D eigenvalue weighted by atomic mass is 9.68. The van der Waals surface area contributed by atoms with E-state index in [4.69, 9.17) is 0 Å². The van der Waals surface area contributed by atoms with Gasteiger partial charge in [0.2, 0.25) is 0 Å². The van der Waals surface area contributed by atoms with Gasteiger partial charge in [0, 0.05) is 11.5 Å². The van der Waals surface area contributed by atoms with Crippen LogP contribution in [0.3, 0.4) is 0 Å². The van der Waals surface area contributed by atoms with Crippen molar-refractivity contribution in [2.24, 2.45) is 11.3 Å². The van der Waals surface area contributed by atoms with Gasteiger partial charge in [0.05, 0.1) is 18.4 Å². The molecule has 2 atom stereocenters. The zero-order valence-corrected chi connectivity index (χ0v) is 13.0. The van der Waals surface area contributed by atoms with Crippen LogP contribution in [-0.4, -0.2) is 0 Å². The summed E-state index contributed by atoms with van der Waals surface area (Å²) in [5, 5.41) is 0. The summed E-state index contributed by atoms with van der Waals surface area (Å²) in [6, 6.07) is 11.1. The molecule has 0 spiro atoms. The zero-order valence-electron chi connectivity index (χ0n) is 13.0. The molecule has 2 unspecified atom stereocenters. The molecule has 0 radical (unpaired) electrons. The fourth-order valence-corrected chi connectivity index (χ4v) is 4.62. The molecule has 3 aliphatic carbocycles. The molecule has 0 aliphatic heterocycles. The van der Waals surface area contributed by atoms with Crippen LogP contribution in [0.4, 0.5) is 0 Å². The third-order valence-electron chi connectivity index (χ3n) is 5.67. The van der Waals surface area contributed by atoms with Gasteiger partial charge in [-0.05, 0) is 42.9 Å². The van der Waals surface area contributed by atoms with Gasteiger partial charge in [-0.2, -0.15) is 0 Å². The molecule has 21 heavy (non-hydrogen) atoms. The van der Waals surface area contributed by atoms with E-state index in [0.29, 0.717) is 11.3 Å². The summed E-state index contributed by atoms with van der Waals surface area (Å²) < 4.78 is 0. The summed E-state index contributed by atoms with van der Waals surface area (Å²) in [6.45, 7) is 4.71. The molecule has 1 fully saturated rings. The Labute approximate surface area is 128 Å². The Morgan fingerprint density at radius 1 is 1.10 bits per heavy atom. The van der Waals surface area contributed by atoms with Crippen molar-refractivity contribution >= 4 is 5.57 Å². The van der Waals surface area contributed by atoms with Gasteiger partial charge in [0.1, 0.15) is 5.57 Å². The Kier molecular flexibility index (Phi) is 2.89. The maximum atomic E-state index is 2.48. The van der Waals surface area contributed by atoms with Crippen LogP contribution in [0.1, 0.15) is 45.1 Å². The van der Waals surface area contributed by atoms with E-state index < -0.39 is 0 Å². The van der Waals surface area contributed by atoms with Crippen LogP contribution < -0.4 is 0 Å². The molecular weight excluding hydrogens is 252 g/mol. The van der Waals surface area contributed by atoms with Crippen molar-refractivity contribution in [3.05, 3.63) is 71.2 Å². The summed E-state index contributed by atoms with van der Waals surface area (Å²) in [7, 11) is 0. The minimum absolute atomic E-state index is 0.307. The van der Waals surface area contributed by atoms with Crippen LogP contribution in [0.5, 0.6) is 0 Å². The normalized spacial score (nSPS) is 31.0. The summed E-state index contributed by atoms with van der Waals surface area (Å²) >= 11 is 0. The Morgan fingerprint density at radius 2 is 1.90 bits per heavy atom. The molecule has 106 valence electrons. The van der Waals surface area contributed by atoms with Crippen LogP contribution in [0.2, 0.25) is 0 Å². The third-order valence-corrected chi connectivity index (χ3v) is 5.67. The van der Waals surface area contributed by atoms with Gasteiger partial charge >= 0.3 is 0 Å². The first-order valence-corrected chi connectivity index (χ1v) is 8.23. The molecule has 0 saturated heterocycles. The first-order valence-electron chi connectivity index (χ1n) is 8.23. The van der Waals surface area contributed by atoms with Crippen LogP contribution in [0, 0.1) is 17.8 Å². The van der Waals surface area contributed by atoms with E-state index in [2.05, 4.69) is 62.8 Å². The second kappa shape index (κ2) is 4.66. The molecule has 0 nitrogen and oxygen atoms in total. The average molecular weight is 275 g/mol. The van der Waals surface area contributed by atoms with E-state index >= 15 is 0 Å². The number of rotatable bonds is 1. The molecule has 1 aromatic rings. The molecule has 1 saturated carbocycles. The van der Waals surface area contributed by atoms with E-state index in [9.17, 15) is 0 Å². The molecular formula is C21H23+. The predicted octanol–water partition coefficient (Wildman–Crippen LogP) is 5.74. The Balaban J connectivity index is 1.92. The Bertz CT molecular complexity index is 657. The number of benzene rings is 1. The summed E-state index contributed by atoms with van der Waals surface area (Å²) in [6.07, 6.45) is 12.5. The van der Waals surface area contributed by atoms with Crippen molar-refractivity contribution in [2.45, 2.75) is 39.5 Å². The van der Waals surface area contributed by atoms with E-state index in [0.717, 1.165) is 0 Å². The standard InChI is InChI=1S/C21H23/c1-15-11-12-18-17(14-15)20(16-8-4-3-5-9-16)19-10-6-7-13-21(18,19)2/h3-5,8-9,11-12,14,17H,6-7,10,13H2,1-2H3/q+1. The highest BCUT2D eigenvalue weighted by molar-refractivity contribution is 5.81. The minimum atomic E-state index is 0.307. The first kappa shape index (κ1) is 13.0. The van der Waals surface area contributed by atoms with Crippen molar-refractivity contribution in [3.63, 3.8) is 0 Å². The summed E-state index contributed by atoms with van der Waals surface area (Å²) in [5.74, 6) is 0.510. The maximum Gasteiger partial charge on any atom is 0.105 e. The van der Waals surface area contributed by atoms with Gasteiger partial charge in [0.25, 0.3) is 0 Å². The molecule has 1 aromatic carbocycles. The van der Waals surface area contributed by atoms with E-state index in [-0.39, 0.29) is 0 Å². The molecule has 4 rings (SSSR count). The lowest BCUT2D eigenvalue weighted by molar-refractivity contribution is 0.364. The quantitative estimate of drug-likeness (QED) is 0.573. The zero-order chi connectivity index (χ0) is 14.4. The van der Waals surface area contributed by atoms with Gasteiger partial charge in [-0.15, -0.1) is 0 Å². The van der Waals surface area contributed by atoms with Crippen LogP contribution in [0.15, 0.2) is 59.2 Å². The van der Waals surface area contributed by atoms with Crippen molar-refractivity contribution in [3.8, 4) is 0 Å². The smallest absolute Gasteiger partial charge is 0.0622 e. The van der Waals surface area contributed by atoms with Crippen LogP contribution >= 0.6 is 0 Å². The molecule has 0 heteroatoms. The van der Waals surface area contributed by atoms with Crippen LogP contribution in [0.25, 0.3) is 5.57 Å². The van der Waals surface area contributed by atoms with Gasteiger partial charge < -0.3 is 0 Å². The van der Waals surface area contributed by atoms with E-state index in [1.165, 1.54) is 36.8 Å². The third kappa shape index (κ3) is 1.85. The van der Waals surface area contributed by atoms with Crippen molar-refractivity contribution in [2.75, 3.05) is 0 Å². The predicted molar refractivity (Wildman–Crippen MR) is 89.6 cm³/mol. The van der Waals surface area contributed by atoms with Gasteiger partial charge in [0.15, 0.2) is 0 Å². The number of allylic oxidation sites excluding steroid dienone is 6. The van der Waals surface area contributed by atoms with Crippen molar-refractivity contribution in [1.29, 1.82) is 0 Å². The Hall–Kier alpha value is -1.69. The Morgan fingerprint density at radius 3 is 2.71 bits per heavy atom. The fourth-order valence-electron chi connectivity index (χ4n) is 4.62. The maximum absolute atomic E-state index is 2.48.